The number of aryl methyl sites for hydroxylation is 2. The monoisotopic (exact) mass is 658 g/mol. The van der Waals surface area contributed by atoms with Gasteiger partial charge in [0.15, 0.2) is 0 Å². The summed E-state index contributed by atoms with van der Waals surface area (Å²) in [6.45, 7) is 4.41. The van der Waals surface area contributed by atoms with Crippen LogP contribution < -0.4 is 0 Å². The van der Waals surface area contributed by atoms with E-state index in [2.05, 4.69) is 145 Å². The van der Waals surface area contributed by atoms with Gasteiger partial charge in [0.05, 0.1) is 0 Å². The second-order valence-corrected chi connectivity index (χ2v) is 14.6. The molecular weight excluding hydrogens is 629 g/mol. The van der Waals surface area contributed by atoms with Crippen molar-refractivity contribution in [3.63, 3.8) is 0 Å². The first-order chi connectivity index (χ1) is 25.6. The standard InChI is InChI=1S/C50H30N2/c1-27-15-17-51-25-47(27)45-23-41-40-20-36-32-12-4-8-30-10-6-14-34(50(30)32)38(36)22-44(40)46(48-26-52-18-16-28(48)2)24-42(41)39-19-35-31-11-3-7-29-9-5-13-33(49(29)31)37(35)21-43(39)45/h3-26H,1-2H3. The maximum Gasteiger partial charge on any atom is 0.0349 e. The summed E-state index contributed by atoms with van der Waals surface area (Å²) >= 11 is 0. The van der Waals surface area contributed by atoms with Crippen molar-refractivity contribution in [3.8, 4) is 66.8 Å². The number of hydrogen-bond donors (Lipinski definition) is 0. The van der Waals surface area contributed by atoms with E-state index in [1.807, 2.05) is 24.8 Å². The van der Waals surface area contributed by atoms with E-state index >= 15 is 0 Å². The van der Waals surface area contributed by atoms with Crippen LogP contribution in [0.1, 0.15) is 11.1 Å². The van der Waals surface area contributed by atoms with E-state index in [0.717, 1.165) is 0 Å². The molecule has 0 aliphatic heterocycles. The molecule has 52 heavy (non-hydrogen) atoms. The van der Waals surface area contributed by atoms with E-state index in [-0.39, 0.29) is 0 Å². The molecule has 0 atom stereocenters. The molecule has 2 heteroatoms. The fraction of sp³-hybridized carbons (Fsp3) is 0.0400. The lowest BCUT2D eigenvalue weighted by molar-refractivity contribution is 1.29. The van der Waals surface area contributed by atoms with Crippen LogP contribution in [0.3, 0.4) is 0 Å². The number of rotatable bonds is 2. The van der Waals surface area contributed by atoms with Gasteiger partial charge in [0, 0.05) is 35.9 Å². The van der Waals surface area contributed by atoms with Crippen LogP contribution in [0.15, 0.2) is 146 Å². The summed E-state index contributed by atoms with van der Waals surface area (Å²) in [6, 6.07) is 45.9. The molecule has 2 nitrogen and oxygen atoms in total. The molecule has 0 N–H and O–H groups in total. The Kier molecular flexibility index (Phi) is 5.40. The van der Waals surface area contributed by atoms with Crippen molar-refractivity contribution in [2.24, 2.45) is 0 Å². The number of pyridine rings is 2. The molecule has 240 valence electrons. The topological polar surface area (TPSA) is 25.8 Å². The SMILES string of the molecule is Cc1ccncc1-c1cc2c3cc4c(cc3c(-c3cnccc3C)cc2c2cc3c(cc12)-c1cccc2cccc-3c12)-c1cccc2cccc-4c12. The summed E-state index contributed by atoms with van der Waals surface area (Å²) in [5.74, 6) is 0. The van der Waals surface area contributed by atoms with Gasteiger partial charge in [-0.1, -0.05) is 72.8 Å². The third-order valence-corrected chi connectivity index (χ3v) is 12.0. The number of fused-ring (bicyclic) bond motifs is 11. The predicted molar refractivity (Wildman–Crippen MR) is 219 cm³/mol. The van der Waals surface area contributed by atoms with Crippen molar-refractivity contribution in [2.45, 2.75) is 13.8 Å². The third kappa shape index (κ3) is 3.58. The summed E-state index contributed by atoms with van der Waals surface area (Å²) in [5.41, 5.74) is 17.7. The van der Waals surface area contributed by atoms with Crippen LogP contribution in [0, 0.1) is 13.8 Å². The highest BCUT2D eigenvalue weighted by molar-refractivity contribution is 6.29. The van der Waals surface area contributed by atoms with Gasteiger partial charge in [-0.05, 0) is 183 Å². The Hall–Kier alpha value is -6.64. The average Bonchev–Trinajstić information content (AvgIpc) is 3.67. The zero-order chi connectivity index (χ0) is 34.2. The molecule has 0 spiro atoms. The van der Waals surface area contributed by atoms with Gasteiger partial charge in [0.2, 0.25) is 0 Å². The molecule has 12 rings (SSSR count). The van der Waals surface area contributed by atoms with Crippen molar-refractivity contribution in [1.82, 2.24) is 9.97 Å². The van der Waals surface area contributed by atoms with Gasteiger partial charge in [-0.25, -0.2) is 0 Å². The van der Waals surface area contributed by atoms with Crippen LogP contribution in [-0.2, 0) is 0 Å². The minimum Gasteiger partial charge on any atom is -0.264 e. The zero-order valence-electron chi connectivity index (χ0n) is 28.8. The quantitative estimate of drug-likeness (QED) is 0.173. The molecule has 0 amide bonds. The summed E-state index contributed by atoms with van der Waals surface area (Å²) < 4.78 is 0. The first-order valence-corrected chi connectivity index (χ1v) is 18.0. The maximum absolute atomic E-state index is 4.66. The predicted octanol–water partition coefficient (Wildman–Crippen LogP) is 13.5. The van der Waals surface area contributed by atoms with Crippen molar-refractivity contribution >= 4 is 53.9 Å². The lowest BCUT2D eigenvalue weighted by Gasteiger charge is -2.19. The summed E-state index contributed by atoms with van der Waals surface area (Å²) in [5, 5.41) is 12.8. The highest BCUT2D eigenvalue weighted by atomic mass is 14.6. The van der Waals surface area contributed by atoms with Crippen LogP contribution in [0.2, 0.25) is 0 Å². The minimum absolute atomic E-state index is 1.17. The molecule has 0 bridgehead atoms. The number of hydrogen-bond acceptors (Lipinski definition) is 2. The fourth-order valence-electron chi connectivity index (χ4n) is 9.54. The Labute approximate surface area is 300 Å². The first-order valence-electron chi connectivity index (χ1n) is 18.0. The lowest BCUT2D eigenvalue weighted by atomic mass is 9.84. The largest absolute Gasteiger partial charge is 0.264 e. The van der Waals surface area contributed by atoms with E-state index in [0.29, 0.717) is 0 Å². The highest BCUT2D eigenvalue weighted by Gasteiger charge is 2.27. The molecule has 0 saturated carbocycles. The highest BCUT2D eigenvalue weighted by Crippen LogP contribution is 2.54. The number of nitrogens with zero attached hydrogens (tertiary/aromatic N) is 2. The Balaban J connectivity index is 1.29. The molecule has 0 radical (unpaired) electrons. The van der Waals surface area contributed by atoms with Gasteiger partial charge < -0.3 is 0 Å². The normalized spacial score (nSPS) is 12.4. The van der Waals surface area contributed by atoms with Gasteiger partial charge in [0.1, 0.15) is 0 Å². The molecule has 2 aliphatic rings. The van der Waals surface area contributed by atoms with E-state index in [1.54, 1.807) is 0 Å². The lowest BCUT2D eigenvalue weighted by Crippen LogP contribution is -1.94. The minimum atomic E-state index is 1.17. The molecule has 2 heterocycles. The number of aromatic nitrogens is 2. The molecule has 2 aliphatic carbocycles. The summed E-state index contributed by atoms with van der Waals surface area (Å²) in [7, 11) is 0. The zero-order valence-corrected chi connectivity index (χ0v) is 28.8. The van der Waals surface area contributed by atoms with E-state index in [9.17, 15) is 0 Å². The van der Waals surface area contributed by atoms with Gasteiger partial charge in [-0.2, -0.15) is 0 Å². The Bertz CT molecular complexity index is 3030. The van der Waals surface area contributed by atoms with E-state index < -0.39 is 0 Å². The molecular formula is C50H30N2. The van der Waals surface area contributed by atoms with Crippen LogP contribution in [0.25, 0.3) is 121 Å². The molecule has 8 aromatic carbocycles. The van der Waals surface area contributed by atoms with Crippen LogP contribution >= 0.6 is 0 Å². The number of benzene rings is 8. The summed E-state index contributed by atoms with van der Waals surface area (Å²) in [6.07, 6.45) is 7.89. The van der Waals surface area contributed by atoms with E-state index in [4.69, 9.17) is 0 Å². The van der Waals surface area contributed by atoms with Gasteiger partial charge in [0.25, 0.3) is 0 Å². The molecule has 0 saturated heterocycles. The van der Waals surface area contributed by atoms with Crippen molar-refractivity contribution in [3.05, 3.63) is 157 Å². The van der Waals surface area contributed by atoms with Crippen molar-refractivity contribution in [2.75, 3.05) is 0 Å². The van der Waals surface area contributed by atoms with Gasteiger partial charge in [-0.3, -0.25) is 9.97 Å². The van der Waals surface area contributed by atoms with Crippen LogP contribution in [0.4, 0.5) is 0 Å². The van der Waals surface area contributed by atoms with Crippen molar-refractivity contribution in [1.29, 1.82) is 0 Å². The first kappa shape index (κ1) is 28.1. The average molecular weight is 659 g/mol. The second-order valence-electron chi connectivity index (χ2n) is 14.6. The van der Waals surface area contributed by atoms with E-state index in [1.165, 1.54) is 132 Å². The molecule has 2 aromatic heterocycles. The summed E-state index contributed by atoms with van der Waals surface area (Å²) in [4.78, 5) is 9.31. The van der Waals surface area contributed by atoms with Crippen LogP contribution in [-0.4, -0.2) is 9.97 Å². The van der Waals surface area contributed by atoms with Gasteiger partial charge in [-0.15, -0.1) is 0 Å². The maximum atomic E-state index is 4.66. The molecule has 0 fully saturated rings. The fourth-order valence-corrected chi connectivity index (χ4v) is 9.54. The Morgan fingerprint density at radius 2 is 0.635 bits per heavy atom. The van der Waals surface area contributed by atoms with Gasteiger partial charge >= 0.3 is 0 Å². The van der Waals surface area contributed by atoms with Crippen molar-refractivity contribution < 1.29 is 0 Å². The Morgan fingerprint density at radius 1 is 0.308 bits per heavy atom. The van der Waals surface area contributed by atoms with Crippen LogP contribution in [0.5, 0.6) is 0 Å². The third-order valence-electron chi connectivity index (χ3n) is 12.0. The smallest absolute Gasteiger partial charge is 0.0349 e. The molecule has 10 aromatic rings. The second kappa shape index (κ2) is 9.99. The Morgan fingerprint density at radius 3 is 1.00 bits per heavy atom. The molecule has 0 unspecified atom stereocenters.